The average Bonchev–Trinajstić information content (AvgIpc) is 2.05. The highest BCUT2D eigenvalue weighted by molar-refractivity contribution is 6.43. The number of carbonyl (C=O) groups excluding carboxylic acids is 1. The molecule has 0 bridgehead atoms. The highest BCUT2D eigenvalue weighted by Gasteiger charge is 2.06. The van der Waals surface area contributed by atoms with Gasteiger partial charge in [-0.15, -0.1) is 0 Å². The molecule has 56 valence electrons. The van der Waals surface area contributed by atoms with E-state index in [4.69, 9.17) is 11.1 Å². The number of carbonyl (C=O) groups is 1. The van der Waals surface area contributed by atoms with E-state index in [-0.39, 0.29) is 0 Å². The molecule has 0 saturated carbocycles. The summed E-state index contributed by atoms with van der Waals surface area (Å²) in [6, 6.07) is 8.52. The van der Waals surface area contributed by atoms with Crippen molar-refractivity contribution in [3.8, 4) is 0 Å². The van der Waals surface area contributed by atoms with Gasteiger partial charge in [0.15, 0.2) is 5.84 Å². The molecular formula is C8H8N2O. The fourth-order valence-electron chi connectivity index (χ4n) is 0.745. The number of benzene rings is 1. The highest BCUT2D eigenvalue weighted by atomic mass is 16.1. The second-order valence-corrected chi connectivity index (χ2v) is 2.11. The van der Waals surface area contributed by atoms with E-state index >= 15 is 0 Å². The molecule has 0 spiro atoms. The predicted octanol–water partition coefficient (Wildman–Crippen LogP) is 0.805. The Morgan fingerprint density at radius 1 is 1.27 bits per heavy atom. The van der Waals surface area contributed by atoms with Gasteiger partial charge in [-0.25, -0.2) is 0 Å². The number of hydrogen-bond donors (Lipinski definition) is 2. The lowest BCUT2D eigenvalue weighted by molar-refractivity contribution is 0.106. The van der Waals surface area contributed by atoms with Crippen LogP contribution in [0.2, 0.25) is 0 Å². The smallest absolute Gasteiger partial charge is 0.227 e. The van der Waals surface area contributed by atoms with Gasteiger partial charge in [0.2, 0.25) is 5.78 Å². The number of ketones is 1. The zero-order valence-corrected chi connectivity index (χ0v) is 5.87. The molecule has 0 aromatic heterocycles. The second-order valence-electron chi connectivity index (χ2n) is 2.11. The summed E-state index contributed by atoms with van der Waals surface area (Å²) >= 11 is 0. The predicted molar refractivity (Wildman–Crippen MR) is 42.7 cm³/mol. The van der Waals surface area contributed by atoms with Crippen molar-refractivity contribution in [2.75, 3.05) is 0 Å². The van der Waals surface area contributed by atoms with Crippen LogP contribution in [0.15, 0.2) is 30.3 Å². The number of nitrogens with one attached hydrogen (secondary N) is 1. The lowest BCUT2D eigenvalue weighted by atomic mass is 10.1. The minimum absolute atomic E-state index is 0.420. The molecule has 0 amide bonds. The molecule has 0 saturated heterocycles. The second kappa shape index (κ2) is 2.96. The van der Waals surface area contributed by atoms with Gasteiger partial charge in [0.05, 0.1) is 0 Å². The topological polar surface area (TPSA) is 66.9 Å². The first-order chi connectivity index (χ1) is 5.22. The van der Waals surface area contributed by atoms with Crippen LogP contribution in [-0.2, 0) is 0 Å². The molecule has 0 fully saturated rings. The first-order valence-corrected chi connectivity index (χ1v) is 3.15. The third kappa shape index (κ3) is 1.64. The van der Waals surface area contributed by atoms with Crippen molar-refractivity contribution in [1.82, 2.24) is 0 Å². The van der Waals surface area contributed by atoms with Crippen molar-refractivity contribution < 1.29 is 4.79 Å². The monoisotopic (exact) mass is 148 g/mol. The maximum Gasteiger partial charge on any atom is 0.227 e. The molecule has 11 heavy (non-hydrogen) atoms. The molecule has 0 aliphatic heterocycles. The molecule has 0 radical (unpaired) electrons. The maximum absolute atomic E-state index is 11.0. The van der Waals surface area contributed by atoms with Crippen molar-refractivity contribution >= 4 is 11.6 Å². The quantitative estimate of drug-likeness (QED) is 0.370. The molecule has 3 N–H and O–H groups in total. The fourth-order valence-corrected chi connectivity index (χ4v) is 0.745. The van der Waals surface area contributed by atoms with Gasteiger partial charge in [-0.1, -0.05) is 30.3 Å². The Labute approximate surface area is 64.3 Å². The van der Waals surface area contributed by atoms with Gasteiger partial charge in [0.1, 0.15) is 0 Å². The normalized spacial score (nSPS) is 9.09. The SMILES string of the molecule is N=C(N)C(=O)c1ccccc1. The van der Waals surface area contributed by atoms with Crippen LogP contribution in [0, 0.1) is 5.41 Å². The van der Waals surface area contributed by atoms with Crippen molar-refractivity contribution in [3.05, 3.63) is 35.9 Å². The fraction of sp³-hybridized carbons (Fsp3) is 0. The Kier molecular flexibility index (Phi) is 2.01. The van der Waals surface area contributed by atoms with E-state index in [2.05, 4.69) is 0 Å². The molecular weight excluding hydrogens is 140 g/mol. The summed E-state index contributed by atoms with van der Waals surface area (Å²) in [6.07, 6.45) is 0. The van der Waals surface area contributed by atoms with E-state index in [9.17, 15) is 4.79 Å². The van der Waals surface area contributed by atoms with E-state index in [0.29, 0.717) is 5.56 Å². The van der Waals surface area contributed by atoms with Crippen LogP contribution in [0.25, 0.3) is 0 Å². The van der Waals surface area contributed by atoms with Gasteiger partial charge in [0.25, 0.3) is 0 Å². The van der Waals surface area contributed by atoms with E-state index in [1.165, 1.54) is 0 Å². The van der Waals surface area contributed by atoms with Crippen LogP contribution in [0.5, 0.6) is 0 Å². The first kappa shape index (κ1) is 7.47. The Morgan fingerprint density at radius 3 is 2.27 bits per heavy atom. The van der Waals surface area contributed by atoms with Crippen molar-refractivity contribution in [2.45, 2.75) is 0 Å². The zero-order valence-electron chi connectivity index (χ0n) is 5.87. The summed E-state index contributed by atoms with van der Waals surface area (Å²) in [4.78, 5) is 11.0. The van der Waals surface area contributed by atoms with E-state index in [1.54, 1.807) is 30.3 Å². The van der Waals surface area contributed by atoms with E-state index < -0.39 is 11.6 Å². The van der Waals surface area contributed by atoms with Crippen LogP contribution in [0.3, 0.4) is 0 Å². The van der Waals surface area contributed by atoms with Gasteiger partial charge < -0.3 is 5.73 Å². The molecule has 0 atom stereocenters. The summed E-state index contributed by atoms with van der Waals surface area (Å²) in [6.45, 7) is 0. The zero-order chi connectivity index (χ0) is 8.27. The number of amidine groups is 1. The molecule has 1 aromatic rings. The Hall–Kier alpha value is -1.64. The van der Waals surface area contributed by atoms with Crippen LogP contribution in [-0.4, -0.2) is 11.6 Å². The minimum Gasteiger partial charge on any atom is -0.381 e. The van der Waals surface area contributed by atoms with Crippen molar-refractivity contribution in [2.24, 2.45) is 5.73 Å². The summed E-state index contributed by atoms with van der Waals surface area (Å²) in [5.74, 6) is -0.846. The molecule has 0 aliphatic carbocycles. The van der Waals surface area contributed by atoms with Gasteiger partial charge in [-0.05, 0) is 0 Å². The minimum atomic E-state index is -0.425. The van der Waals surface area contributed by atoms with Crippen molar-refractivity contribution in [3.63, 3.8) is 0 Å². The molecule has 1 aromatic carbocycles. The standard InChI is InChI=1S/C8H8N2O/c9-8(10)7(11)6-4-2-1-3-5-6/h1-5H,(H3,9,10). The van der Waals surface area contributed by atoms with E-state index in [1.807, 2.05) is 0 Å². The summed E-state index contributed by atoms with van der Waals surface area (Å²) in [5.41, 5.74) is 5.46. The Bertz CT molecular complexity index is 279. The number of hydrogen-bond acceptors (Lipinski definition) is 2. The molecule has 3 heteroatoms. The van der Waals surface area contributed by atoms with Gasteiger partial charge in [-0.2, -0.15) is 0 Å². The number of Topliss-reactive ketones (excluding diaryl/α,β-unsaturated/α-hetero) is 1. The number of rotatable bonds is 2. The maximum atomic E-state index is 11.0. The Balaban J connectivity index is 2.95. The van der Waals surface area contributed by atoms with E-state index in [0.717, 1.165) is 0 Å². The molecule has 0 unspecified atom stereocenters. The van der Waals surface area contributed by atoms with Gasteiger partial charge in [0, 0.05) is 5.56 Å². The molecule has 3 nitrogen and oxygen atoms in total. The van der Waals surface area contributed by atoms with Gasteiger partial charge >= 0.3 is 0 Å². The summed E-state index contributed by atoms with van der Waals surface area (Å²) < 4.78 is 0. The third-order valence-electron chi connectivity index (χ3n) is 1.28. The third-order valence-corrected chi connectivity index (χ3v) is 1.28. The van der Waals surface area contributed by atoms with Gasteiger partial charge in [-0.3, -0.25) is 10.2 Å². The Morgan fingerprint density at radius 2 is 1.82 bits per heavy atom. The largest absolute Gasteiger partial charge is 0.381 e. The summed E-state index contributed by atoms with van der Waals surface area (Å²) in [5, 5.41) is 6.87. The first-order valence-electron chi connectivity index (χ1n) is 3.15. The summed E-state index contributed by atoms with van der Waals surface area (Å²) in [7, 11) is 0. The molecule has 0 heterocycles. The van der Waals surface area contributed by atoms with Crippen molar-refractivity contribution in [1.29, 1.82) is 5.41 Å². The average molecular weight is 148 g/mol. The highest BCUT2D eigenvalue weighted by Crippen LogP contribution is 1.98. The lowest BCUT2D eigenvalue weighted by Crippen LogP contribution is -2.21. The van der Waals surface area contributed by atoms with Crippen LogP contribution < -0.4 is 5.73 Å². The lowest BCUT2D eigenvalue weighted by Gasteiger charge is -1.95. The molecule has 1 rings (SSSR count). The number of nitrogens with two attached hydrogens (primary N) is 1. The van der Waals surface area contributed by atoms with Crippen LogP contribution >= 0.6 is 0 Å². The van der Waals surface area contributed by atoms with Crippen LogP contribution in [0.1, 0.15) is 10.4 Å². The molecule has 0 aliphatic rings. The van der Waals surface area contributed by atoms with Crippen LogP contribution in [0.4, 0.5) is 0 Å².